The number of rotatable bonds is 6. The Balaban J connectivity index is 1.30. The summed E-state index contributed by atoms with van der Waals surface area (Å²) in [5.74, 6) is -0.00521. The molecule has 1 aromatic heterocycles. The van der Waals surface area contributed by atoms with Gasteiger partial charge in [-0.05, 0) is 79.5 Å². The van der Waals surface area contributed by atoms with Gasteiger partial charge >= 0.3 is 13.2 Å². The molecule has 5 rings (SSSR count). The lowest BCUT2D eigenvalue weighted by Crippen LogP contribution is -2.41. The largest absolute Gasteiger partial charge is 0.492 e. The van der Waals surface area contributed by atoms with E-state index in [9.17, 15) is 4.79 Å². The number of carbonyl (C=O) groups excluding carboxylic acids is 1. The van der Waals surface area contributed by atoms with E-state index in [1.54, 1.807) is 6.20 Å². The number of alkyl carbamates (subject to hydrolysis) is 1. The number of nitrogens with zero attached hydrogens (tertiary/aromatic N) is 1. The monoisotopic (exact) mass is 530 g/mol. The molecule has 38 heavy (non-hydrogen) atoms. The van der Waals surface area contributed by atoms with E-state index in [4.69, 9.17) is 25.6 Å². The molecule has 0 radical (unpaired) electrons. The fourth-order valence-corrected chi connectivity index (χ4v) is 5.00. The van der Waals surface area contributed by atoms with Gasteiger partial charge in [-0.3, -0.25) is 0 Å². The van der Waals surface area contributed by atoms with Gasteiger partial charge in [0.15, 0.2) is 0 Å². The minimum absolute atomic E-state index is 0.00521. The van der Waals surface area contributed by atoms with Gasteiger partial charge in [-0.25, -0.2) is 9.78 Å². The van der Waals surface area contributed by atoms with Crippen molar-refractivity contribution in [2.75, 3.05) is 13.2 Å². The highest BCUT2D eigenvalue weighted by Crippen LogP contribution is 2.44. The summed E-state index contributed by atoms with van der Waals surface area (Å²) in [5, 5.41) is 3.35. The highest BCUT2D eigenvalue weighted by molar-refractivity contribution is 6.56. The minimum atomic E-state index is -0.634. The molecule has 0 bridgehead atoms. The predicted octanol–water partition coefficient (Wildman–Crippen LogP) is 6.60. The Labute approximate surface area is 229 Å². The summed E-state index contributed by atoms with van der Waals surface area (Å²) in [6.07, 6.45) is 3.11. The highest BCUT2D eigenvalue weighted by atomic mass is 35.5. The summed E-state index contributed by atoms with van der Waals surface area (Å²) in [6.45, 7) is 10.3. The van der Waals surface area contributed by atoms with E-state index in [0.29, 0.717) is 5.15 Å². The van der Waals surface area contributed by atoms with Gasteiger partial charge in [-0.2, -0.15) is 0 Å². The van der Waals surface area contributed by atoms with E-state index in [2.05, 4.69) is 34.6 Å². The van der Waals surface area contributed by atoms with E-state index in [1.807, 2.05) is 71.0 Å². The predicted molar refractivity (Wildman–Crippen MR) is 151 cm³/mol. The number of halogens is 1. The number of pyridine rings is 1. The first-order valence-corrected chi connectivity index (χ1v) is 13.2. The fraction of sp³-hybridized carbons (Fsp3) is 0.333. The van der Waals surface area contributed by atoms with Gasteiger partial charge in [0.05, 0.1) is 11.2 Å². The number of nitrogens with one attached hydrogen (secondary N) is 1. The Bertz CT molecular complexity index is 1340. The van der Waals surface area contributed by atoms with Gasteiger partial charge in [0.1, 0.15) is 11.8 Å². The first-order valence-electron chi connectivity index (χ1n) is 12.8. The van der Waals surface area contributed by atoms with Crippen molar-refractivity contribution in [3.8, 4) is 11.1 Å². The number of aryl methyl sites for hydroxylation is 1. The number of fused-ring (bicyclic) bond motifs is 3. The Hall–Kier alpha value is -3.13. The standard InChI is InChI=1S/C30H32BClN2O4/c1-19-14-20(16-33-27(19)32)15-21(31-37-29(2,3)30(4,5)38-31)17-34-28(35)36-18-26-24-12-8-6-10-22(24)23-11-7-9-13-25(23)26/h6-16,26H,17-18H2,1-5H3,(H,34,35). The number of ether oxygens (including phenoxy) is 1. The zero-order valence-corrected chi connectivity index (χ0v) is 23.1. The van der Waals surface area contributed by atoms with Crippen molar-refractivity contribution >= 4 is 30.9 Å². The summed E-state index contributed by atoms with van der Waals surface area (Å²) in [4.78, 5) is 17.1. The first-order chi connectivity index (χ1) is 18.1. The van der Waals surface area contributed by atoms with Crippen molar-refractivity contribution in [1.29, 1.82) is 0 Å². The van der Waals surface area contributed by atoms with E-state index in [-0.39, 0.29) is 19.1 Å². The maximum absolute atomic E-state index is 12.9. The van der Waals surface area contributed by atoms with E-state index in [0.717, 1.165) is 16.6 Å². The van der Waals surface area contributed by atoms with Crippen LogP contribution in [0.1, 0.15) is 55.9 Å². The van der Waals surface area contributed by atoms with E-state index < -0.39 is 24.4 Å². The van der Waals surface area contributed by atoms with E-state index >= 15 is 0 Å². The van der Waals surface area contributed by atoms with Gasteiger partial charge in [-0.15, -0.1) is 0 Å². The van der Waals surface area contributed by atoms with Crippen LogP contribution in [0, 0.1) is 6.92 Å². The quantitative estimate of drug-likeness (QED) is 0.287. The second-order valence-corrected chi connectivity index (χ2v) is 11.2. The molecule has 3 aromatic rings. The van der Waals surface area contributed by atoms with Crippen LogP contribution in [0.5, 0.6) is 0 Å². The van der Waals surface area contributed by atoms with Gasteiger partial charge in [-0.1, -0.05) is 66.2 Å². The topological polar surface area (TPSA) is 69.7 Å². The number of hydrogen-bond acceptors (Lipinski definition) is 5. The number of benzene rings is 2. The summed E-state index contributed by atoms with van der Waals surface area (Å²) in [7, 11) is -0.634. The van der Waals surface area contributed by atoms with Crippen molar-refractivity contribution < 1.29 is 18.8 Å². The zero-order valence-electron chi connectivity index (χ0n) is 22.4. The molecule has 2 heterocycles. The zero-order chi connectivity index (χ0) is 27.1. The maximum Gasteiger partial charge on any atom is 0.492 e. The van der Waals surface area contributed by atoms with Gasteiger partial charge < -0.3 is 19.4 Å². The molecule has 0 atom stereocenters. The normalized spacial score (nSPS) is 17.7. The Kier molecular flexibility index (Phi) is 7.12. The molecule has 196 valence electrons. The molecule has 2 aromatic carbocycles. The molecule has 1 aliphatic carbocycles. The average Bonchev–Trinajstić information content (AvgIpc) is 3.31. The van der Waals surface area contributed by atoms with Crippen LogP contribution in [0.15, 0.2) is 66.3 Å². The Morgan fingerprint density at radius 3 is 2.21 bits per heavy atom. The maximum atomic E-state index is 12.9. The highest BCUT2D eigenvalue weighted by Gasteiger charge is 2.52. The third-order valence-electron chi connectivity index (χ3n) is 7.72. The Morgan fingerprint density at radius 1 is 1.05 bits per heavy atom. The van der Waals surface area contributed by atoms with Crippen LogP contribution >= 0.6 is 11.6 Å². The van der Waals surface area contributed by atoms with Crippen molar-refractivity contribution in [3.63, 3.8) is 0 Å². The Morgan fingerprint density at radius 2 is 1.63 bits per heavy atom. The SMILES string of the molecule is Cc1cc(C=C(CNC(=O)OCC2c3ccccc3-c3ccccc32)B2OC(C)(C)C(C)(C)O2)cnc1Cl. The lowest BCUT2D eigenvalue weighted by molar-refractivity contribution is 0.00578. The number of aromatic nitrogens is 1. The minimum Gasteiger partial charge on any atom is -0.449 e. The second kappa shape index (κ2) is 10.2. The molecule has 0 unspecified atom stereocenters. The van der Waals surface area contributed by atoms with Gasteiger partial charge in [0, 0.05) is 18.7 Å². The van der Waals surface area contributed by atoms with Gasteiger partial charge in [0.2, 0.25) is 0 Å². The molecular formula is C30H32BClN2O4. The molecule has 1 saturated heterocycles. The third-order valence-corrected chi connectivity index (χ3v) is 8.12. The van der Waals surface area contributed by atoms with Crippen LogP contribution in [0.4, 0.5) is 4.79 Å². The molecule has 0 spiro atoms. The van der Waals surface area contributed by atoms with Crippen molar-refractivity contribution in [2.24, 2.45) is 0 Å². The van der Waals surface area contributed by atoms with Crippen LogP contribution in [-0.2, 0) is 14.0 Å². The first kappa shape index (κ1) is 26.5. The van der Waals surface area contributed by atoms with Crippen LogP contribution in [0.3, 0.4) is 0 Å². The van der Waals surface area contributed by atoms with Crippen molar-refractivity contribution in [3.05, 3.63) is 93.7 Å². The summed E-state index contributed by atoms with van der Waals surface area (Å²) in [5.41, 5.74) is 6.13. The molecule has 8 heteroatoms. The smallest absolute Gasteiger partial charge is 0.449 e. The third kappa shape index (κ3) is 5.11. The molecule has 1 amide bonds. The van der Waals surface area contributed by atoms with Crippen molar-refractivity contribution in [1.82, 2.24) is 10.3 Å². The lowest BCUT2D eigenvalue weighted by Gasteiger charge is -2.32. The summed E-state index contributed by atoms with van der Waals surface area (Å²) >= 11 is 6.12. The number of hydrogen-bond donors (Lipinski definition) is 1. The molecule has 1 fully saturated rings. The molecule has 1 aliphatic heterocycles. The van der Waals surface area contributed by atoms with Crippen LogP contribution < -0.4 is 5.32 Å². The second-order valence-electron chi connectivity index (χ2n) is 10.9. The van der Waals surface area contributed by atoms with Crippen LogP contribution in [0.25, 0.3) is 17.2 Å². The molecule has 6 nitrogen and oxygen atoms in total. The summed E-state index contributed by atoms with van der Waals surface area (Å²) < 4.78 is 18.3. The number of amides is 1. The van der Waals surface area contributed by atoms with E-state index in [1.165, 1.54) is 22.3 Å². The lowest BCUT2D eigenvalue weighted by atomic mass is 9.77. The van der Waals surface area contributed by atoms with Crippen LogP contribution in [0.2, 0.25) is 5.15 Å². The van der Waals surface area contributed by atoms with Crippen molar-refractivity contribution in [2.45, 2.75) is 51.7 Å². The molecule has 1 N–H and O–H groups in total. The van der Waals surface area contributed by atoms with Crippen LogP contribution in [-0.4, -0.2) is 42.5 Å². The fourth-order valence-electron chi connectivity index (χ4n) is 4.89. The van der Waals surface area contributed by atoms with Gasteiger partial charge in [0.25, 0.3) is 0 Å². The number of carbonyl (C=O) groups is 1. The molecule has 0 saturated carbocycles. The average molecular weight is 531 g/mol. The summed E-state index contributed by atoms with van der Waals surface area (Å²) in [6, 6.07) is 18.5. The molecule has 2 aliphatic rings. The molecular weight excluding hydrogens is 499 g/mol.